The first-order valence-corrected chi connectivity index (χ1v) is 11.9. The van der Waals surface area contributed by atoms with Crippen LogP contribution in [0.1, 0.15) is 16.7 Å². The van der Waals surface area contributed by atoms with E-state index in [0.717, 1.165) is 24.3 Å². The summed E-state index contributed by atoms with van der Waals surface area (Å²) in [4.78, 5) is 13.3. The van der Waals surface area contributed by atoms with Crippen molar-refractivity contribution in [1.29, 1.82) is 0 Å². The van der Waals surface area contributed by atoms with E-state index in [4.69, 9.17) is 0 Å². The quantitative estimate of drug-likeness (QED) is 0.285. The molecule has 42 heavy (non-hydrogen) atoms. The van der Waals surface area contributed by atoms with Crippen LogP contribution in [-0.4, -0.2) is 48.2 Å². The Morgan fingerprint density at radius 1 is 0.786 bits per heavy atom. The van der Waals surface area contributed by atoms with Crippen molar-refractivity contribution in [3.05, 3.63) is 101 Å². The Morgan fingerprint density at radius 3 is 1.90 bits per heavy atom. The second-order valence-corrected chi connectivity index (χ2v) is 9.56. The third-order valence-electron chi connectivity index (χ3n) is 6.51. The fourth-order valence-electron chi connectivity index (χ4n) is 4.44. The highest BCUT2D eigenvalue weighted by Gasteiger charge is 2.64. The number of benzene rings is 3. The fourth-order valence-corrected chi connectivity index (χ4v) is 4.44. The van der Waals surface area contributed by atoms with E-state index in [1.165, 1.54) is 24.3 Å². The number of hydrogen-bond donors (Lipinski definition) is 1. The van der Waals surface area contributed by atoms with E-state index in [0.29, 0.717) is 17.7 Å². The normalized spacial score (nSPS) is 17.9. The largest absolute Gasteiger partial charge is 0.499 e. The highest BCUT2D eigenvalue weighted by molar-refractivity contribution is 5.77. The van der Waals surface area contributed by atoms with Gasteiger partial charge >= 0.3 is 30.2 Å². The molecule has 0 aromatic heterocycles. The van der Waals surface area contributed by atoms with Crippen molar-refractivity contribution < 1.29 is 57.8 Å². The Kier molecular flexibility index (Phi) is 7.84. The molecular formula is C27H19F11N2O2. The molecule has 0 radical (unpaired) electrons. The van der Waals surface area contributed by atoms with E-state index in [9.17, 15) is 53.1 Å². The SMILES string of the molecule is O=C(N[C@](Cc1ccccc1)(c1ccc(F)cc1)c1cc(F)cc(OC(F)(F)C(F)(F)F)c1)N1CC(F)(F)C(F)(F)C1. The zero-order valence-electron chi connectivity index (χ0n) is 21.0. The van der Waals surface area contributed by atoms with Crippen LogP contribution in [0.15, 0.2) is 72.8 Å². The highest BCUT2D eigenvalue weighted by atomic mass is 19.4. The number of carbonyl (C=O) groups excluding carboxylic acids is 1. The van der Waals surface area contributed by atoms with Crippen LogP contribution in [0.2, 0.25) is 0 Å². The van der Waals surface area contributed by atoms with Gasteiger partial charge in [0.1, 0.15) is 17.4 Å². The van der Waals surface area contributed by atoms with Crippen molar-refractivity contribution in [2.45, 2.75) is 36.1 Å². The standard InChI is InChI=1S/C27H19F11N2O2/c28-19-8-6-17(7-9-19)23(13-16-4-2-1-3-5-16,39-22(41)40-14-24(30,31)25(32,33)15-40)18-10-20(29)12-21(11-18)42-27(37,38)26(34,35)36/h1-12H,13-15H2,(H,39,41)/t23-/m1/s1. The van der Waals surface area contributed by atoms with Crippen molar-refractivity contribution in [3.63, 3.8) is 0 Å². The summed E-state index contributed by atoms with van der Waals surface area (Å²) >= 11 is 0. The summed E-state index contributed by atoms with van der Waals surface area (Å²) in [6.07, 6.45) is -12.5. The molecule has 3 aromatic carbocycles. The lowest BCUT2D eigenvalue weighted by Crippen LogP contribution is -2.53. The van der Waals surface area contributed by atoms with Crippen molar-refractivity contribution in [3.8, 4) is 5.75 Å². The molecule has 1 aliphatic rings. The van der Waals surface area contributed by atoms with Gasteiger partial charge in [0.2, 0.25) is 0 Å². The third-order valence-corrected chi connectivity index (χ3v) is 6.51. The number of nitrogens with zero attached hydrogens (tertiary/aromatic N) is 1. The first kappa shape index (κ1) is 30.9. The molecule has 0 unspecified atom stereocenters. The smallest absolute Gasteiger partial charge is 0.426 e. The minimum atomic E-state index is -6.21. The van der Waals surface area contributed by atoms with Crippen LogP contribution >= 0.6 is 0 Å². The molecule has 1 atom stereocenters. The summed E-state index contributed by atoms with van der Waals surface area (Å²) < 4.78 is 154. The van der Waals surface area contributed by atoms with Gasteiger partial charge in [0.25, 0.3) is 0 Å². The maximum Gasteiger partial charge on any atom is 0.499 e. The van der Waals surface area contributed by atoms with Gasteiger partial charge in [-0.3, -0.25) is 0 Å². The predicted octanol–water partition coefficient (Wildman–Crippen LogP) is 7.28. The van der Waals surface area contributed by atoms with Crippen LogP contribution < -0.4 is 10.1 Å². The first-order valence-electron chi connectivity index (χ1n) is 11.9. The number of ether oxygens (including phenoxy) is 1. The number of hydrogen-bond acceptors (Lipinski definition) is 2. The molecule has 0 spiro atoms. The molecule has 1 aliphatic heterocycles. The molecule has 0 saturated carbocycles. The second kappa shape index (κ2) is 10.7. The third kappa shape index (κ3) is 6.09. The lowest BCUT2D eigenvalue weighted by atomic mass is 9.77. The molecule has 1 heterocycles. The lowest BCUT2D eigenvalue weighted by Gasteiger charge is -2.38. The molecule has 3 aromatic rings. The van der Waals surface area contributed by atoms with Gasteiger partial charge in [0, 0.05) is 12.5 Å². The summed E-state index contributed by atoms with van der Waals surface area (Å²) in [6, 6.07) is 11.2. The molecule has 1 fully saturated rings. The van der Waals surface area contributed by atoms with Crippen LogP contribution in [0.25, 0.3) is 0 Å². The Balaban J connectivity index is 1.91. The molecule has 0 aliphatic carbocycles. The minimum Gasteiger partial charge on any atom is -0.426 e. The van der Waals surface area contributed by atoms with Gasteiger partial charge in [-0.25, -0.2) is 13.6 Å². The van der Waals surface area contributed by atoms with Crippen molar-refractivity contribution in [2.75, 3.05) is 13.1 Å². The van der Waals surface area contributed by atoms with E-state index in [2.05, 4.69) is 10.1 Å². The van der Waals surface area contributed by atoms with Crippen molar-refractivity contribution >= 4 is 6.03 Å². The van der Waals surface area contributed by atoms with E-state index < -0.39 is 78.2 Å². The average Bonchev–Trinajstić information content (AvgIpc) is 3.10. The Hall–Kier alpha value is -4.04. The van der Waals surface area contributed by atoms with E-state index >= 15 is 0 Å². The average molecular weight is 612 g/mol. The first-order chi connectivity index (χ1) is 19.4. The predicted molar refractivity (Wildman–Crippen MR) is 125 cm³/mol. The fraction of sp³-hybridized carbons (Fsp3) is 0.296. The molecular weight excluding hydrogens is 593 g/mol. The Bertz CT molecular complexity index is 1410. The van der Waals surface area contributed by atoms with Crippen LogP contribution in [0, 0.1) is 11.6 Å². The summed E-state index contributed by atoms with van der Waals surface area (Å²) in [7, 11) is 0. The molecule has 15 heteroatoms. The van der Waals surface area contributed by atoms with Crippen LogP contribution in [0.3, 0.4) is 0 Å². The lowest BCUT2D eigenvalue weighted by molar-refractivity contribution is -0.360. The maximum atomic E-state index is 14.8. The van der Waals surface area contributed by atoms with Gasteiger partial charge in [0.05, 0.1) is 18.6 Å². The van der Waals surface area contributed by atoms with E-state index in [1.807, 2.05) is 0 Å². The molecule has 1 N–H and O–H groups in total. The number of likely N-dealkylation sites (tertiary alicyclic amines) is 1. The molecule has 4 nitrogen and oxygen atoms in total. The zero-order valence-corrected chi connectivity index (χ0v) is 21.0. The van der Waals surface area contributed by atoms with Crippen LogP contribution in [-0.2, 0) is 12.0 Å². The highest BCUT2D eigenvalue weighted by Crippen LogP contribution is 2.43. The van der Waals surface area contributed by atoms with Gasteiger partial charge in [0.15, 0.2) is 0 Å². The summed E-state index contributed by atoms with van der Waals surface area (Å²) in [5.41, 5.74) is -2.63. The number of nitrogens with one attached hydrogen (secondary N) is 1. The monoisotopic (exact) mass is 612 g/mol. The maximum absolute atomic E-state index is 14.8. The van der Waals surface area contributed by atoms with Crippen molar-refractivity contribution in [2.24, 2.45) is 0 Å². The summed E-state index contributed by atoms with van der Waals surface area (Å²) in [5, 5.41) is 2.26. The number of carbonyl (C=O) groups is 1. The summed E-state index contributed by atoms with van der Waals surface area (Å²) in [6.45, 7) is -3.46. The molecule has 1 saturated heterocycles. The van der Waals surface area contributed by atoms with Gasteiger partial charge in [-0.05, 0) is 41.0 Å². The number of alkyl halides is 9. The molecule has 226 valence electrons. The number of rotatable bonds is 7. The number of amides is 2. The Labute approximate surface area is 230 Å². The van der Waals surface area contributed by atoms with Crippen LogP contribution in [0.5, 0.6) is 5.75 Å². The number of urea groups is 1. The number of halogens is 11. The zero-order chi connectivity index (χ0) is 31.1. The Morgan fingerprint density at radius 2 is 1.36 bits per heavy atom. The van der Waals surface area contributed by atoms with Crippen LogP contribution in [0.4, 0.5) is 53.1 Å². The van der Waals surface area contributed by atoms with E-state index in [-0.39, 0.29) is 16.5 Å². The molecule has 4 rings (SSSR count). The molecule has 2 amide bonds. The van der Waals surface area contributed by atoms with Gasteiger partial charge in [-0.1, -0.05) is 42.5 Å². The summed E-state index contributed by atoms with van der Waals surface area (Å²) in [5.74, 6) is -12.8. The van der Waals surface area contributed by atoms with E-state index in [1.54, 1.807) is 6.07 Å². The van der Waals surface area contributed by atoms with Gasteiger partial charge in [-0.2, -0.15) is 39.5 Å². The van der Waals surface area contributed by atoms with Crippen molar-refractivity contribution in [1.82, 2.24) is 10.2 Å². The van der Waals surface area contributed by atoms with Gasteiger partial charge in [-0.15, -0.1) is 0 Å². The van der Waals surface area contributed by atoms with Gasteiger partial charge < -0.3 is 15.0 Å². The topological polar surface area (TPSA) is 41.6 Å². The second-order valence-electron chi connectivity index (χ2n) is 9.56. The molecule has 0 bridgehead atoms. The minimum absolute atomic E-state index is 0.0672.